The van der Waals surface area contributed by atoms with E-state index in [1.54, 1.807) is 24.3 Å². The van der Waals surface area contributed by atoms with Gasteiger partial charge in [0, 0.05) is 10.9 Å². The second kappa shape index (κ2) is 6.91. The Balaban J connectivity index is 2.13. The number of nitrogens with zero attached hydrogens (tertiary/aromatic N) is 2. The second-order valence-electron chi connectivity index (χ2n) is 6.00. The lowest BCUT2D eigenvalue weighted by molar-refractivity contribution is 0.603. The summed E-state index contributed by atoms with van der Waals surface area (Å²) in [5, 5.41) is 10.4. The third-order valence-electron chi connectivity index (χ3n) is 3.97. The van der Waals surface area contributed by atoms with Gasteiger partial charge in [0.15, 0.2) is 0 Å². The van der Waals surface area contributed by atoms with Crippen LogP contribution >= 0.6 is 11.6 Å². The Kier molecular flexibility index (Phi) is 4.82. The van der Waals surface area contributed by atoms with E-state index in [4.69, 9.17) is 11.6 Å². The van der Waals surface area contributed by atoms with E-state index in [0.717, 1.165) is 16.5 Å². The zero-order valence-corrected chi connectivity index (χ0v) is 15.8. The molecule has 0 aliphatic heterocycles. The van der Waals surface area contributed by atoms with Crippen LogP contribution in [0, 0.1) is 25.2 Å². The van der Waals surface area contributed by atoms with Crippen LogP contribution in [0.2, 0.25) is 5.15 Å². The van der Waals surface area contributed by atoms with Gasteiger partial charge in [-0.2, -0.15) is 5.26 Å². The van der Waals surface area contributed by atoms with Gasteiger partial charge in [0.2, 0.25) is 9.84 Å². The largest absolute Gasteiger partial charge is 0.235 e. The third-order valence-corrected chi connectivity index (χ3v) is 5.96. The molecule has 0 aliphatic carbocycles. The summed E-state index contributed by atoms with van der Waals surface area (Å²) in [5.74, 6) is 0. The predicted molar refractivity (Wildman–Crippen MR) is 103 cm³/mol. The maximum atomic E-state index is 12.7. The molecule has 4 nitrogen and oxygen atoms in total. The minimum absolute atomic E-state index is 0.0661. The summed E-state index contributed by atoms with van der Waals surface area (Å²) in [6.45, 7) is 3.81. The number of halogens is 1. The smallest absolute Gasteiger partial charge is 0.216 e. The number of hydrogen-bond acceptors (Lipinski definition) is 4. The Bertz CT molecular complexity index is 1170. The molecule has 0 saturated carbocycles. The number of aromatic nitrogens is 1. The van der Waals surface area contributed by atoms with E-state index in [-0.39, 0.29) is 15.0 Å². The maximum absolute atomic E-state index is 12.7. The first-order chi connectivity index (χ1) is 12.3. The van der Waals surface area contributed by atoms with Gasteiger partial charge in [0.1, 0.15) is 16.1 Å². The van der Waals surface area contributed by atoms with Gasteiger partial charge in [0.05, 0.1) is 10.4 Å². The van der Waals surface area contributed by atoms with Gasteiger partial charge in [-0.15, -0.1) is 0 Å². The summed E-state index contributed by atoms with van der Waals surface area (Å²) in [6, 6.07) is 15.6. The summed E-state index contributed by atoms with van der Waals surface area (Å²) in [4.78, 5) is 3.99. The van der Waals surface area contributed by atoms with Crippen molar-refractivity contribution in [2.24, 2.45) is 0 Å². The third kappa shape index (κ3) is 3.48. The Labute approximate surface area is 157 Å². The Morgan fingerprint density at radius 3 is 2.38 bits per heavy atom. The molecule has 6 heteroatoms. The molecule has 0 N–H and O–H groups in total. The van der Waals surface area contributed by atoms with Crippen LogP contribution in [0.25, 0.3) is 17.0 Å². The molecule has 0 atom stereocenters. The highest BCUT2D eigenvalue weighted by Crippen LogP contribution is 2.27. The van der Waals surface area contributed by atoms with Gasteiger partial charge in [-0.3, -0.25) is 0 Å². The molecular formula is C20H15ClN2O2S. The Morgan fingerprint density at radius 1 is 1.08 bits per heavy atom. The van der Waals surface area contributed by atoms with Gasteiger partial charge in [-0.05, 0) is 49.8 Å². The van der Waals surface area contributed by atoms with Crippen molar-refractivity contribution in [2.45, 2.75) is 18.7 Å². The molecule has 3 rings (SSSR count). The molecule has 26 heavy (non-hydrogen) atoms. The maximum Gasteiger partial charge on any atom is 0.216 e. The number of aryl methyl sites for hydroxylation is 2. The van der Waals surface area contributed by atoms with Crippen LogP contribution in [0.15, 0.2) is 58.3 Å². The van der Waals surface area contributed by atoms with E-state index in [9.17, 15) is 13.7 Å². The summed E-state index contributed by atoms with van der Waals surface area (Å²) in [7, 11) is -3.93. The minimum Gasteiger partial charge on any atom is -0.235 e. The number of fused-ring (bicyclic) bond motifs is 1. The van der Waals surface area contributed by atoms with Gasteiger partial charge < -0.3 is 0 Å². The first-order valence-corrected chi connectivity index (χ1v) is 9.68. The standard InChI is InChI=1S/C20H15ClN2O2S/c1-13-4-7-17(8-5-13)26(24,25)18(12-22)11-16-10-15-6-3-14(2)9-19(15)23-20(16)21/h3-11H,1-2H3/b18-11+. The minimum atomic E-state index is -3.93. The molecule has 1 aromatic heterocycles. The molecule has 1 heterocycles. The molecule has 0 saturated heterocycles. The highest BCUT2D eigenvalue weighted by atomic mass is 35.5. The molecule has 2 aromatic carbocycles. The number of benzene rings is 2. The number of sulfone groups is 1. The van der Waals surface area contributed by atoms with E-state index in [1.165, 1.54) is 18.2 Å². The zero-order chi connectivity index (χ0) is 18.9. The quantitative estimate of drug-likeness (QED) is 0.479. The van der Waals surface area contributed by atoms with E-state index >= 15 is 0 Å². The summed E-state index contributed by atoms with van der Waals surface area (Å²) in [6.07, 6.45) is 1.27. The van der Waals surface area contributed by atoms with Crippen LogP contribution in [-0.2, 0) is 9.84 Å². The second-order valence-corrected chi connectivity index (χ2v) is 8.28. The summed E-state index contributed by atoms with van der Waals surface area (Å²) < 4.78 is 25.5. The van der Waals surface area contributed by atoms with Crippen molar-refractivity contribution in [1.29, 1.82) is 5.26 Å². The topological polar surface area (TPSA) is 70.8 Å². The number of pyridine rings is 1. The fourth-order valence-electron chi connectivity index (χ4n) is 2.53. The van der Waals surface area contributed by atoms with Crippen molar-refractivity contribution in [3.8, 4) is 6.07 Å². The van der Waals surface area contributed by atoms with E-state index in [2.05, 4.69) is 4.98 Å². The van der Waals surface area contributed by atoms with Crippen molar-refractivity contribution < 1.29 is 8.42 Å². The van der Waals surface area contributed by atoms with E-state index in [0.29, 0.717) is 11.1 Å². The van der Waals surface area contributed by atoms with Gasteiger partial charge >= 0.3 is 0 Å². The normalized spacial score (nSPS) is 12.2. The van der Waals surface area contributed by atoms with E-state index in [1.807, 2.05) is 32.0 Å². The van der Waals surface area contributed by atoms with Crippen molar-refractivity contribution >= 4 is 38.4 Å². The van der Waals surface area contributed by atoms with Crippen molar-refractivity contribution in [1.82, 2.24) is 4.98 Å². The molecule has 0 aliphatic rings. The Hall–Kier alpha value is -2.68. The molecule has 130 valence electrons. The fourth-order valence-corrected chi connectivity index (χ4v) is 3.88. The van der Waals surface area contributed by atoms with Crippen molar-refractivity contribution in [3.05, 3.63) is 75.3 Å². The number of nitriles is 1. The lowest BCUT2D eigenvalue weighted by atomic mass is 10.1. The van der Waals surface area contributed by atoms with Crippen LogP contribution < -0.4 is 0 Å². The molecule has 0 bridgehead atoms. The SMILES string of the molecule is Cc1ccc(S(=O)(=O)/C(C#N)=C/c2cc3ccc(C)cc3nc2Cl)cc1. The summed E-state index contributed by atoms with van der Waals surface area (Å²) in [5.41, 5.74) is 3.08. The van der Waals surface area contributed by atoms with Crippen LogP contribution in [0.1, 0.15) is 16.7 Å². The van der Waals surface area contributed by atoms with Crippen LogP contribution in [0.4, 0.5) is 0 Å². The Morgan fingerprint density at radius 2 is 1.73 bits per heavy atom. The van der Waals surface area contributed by atoms with Gasteiger partial charge in [-0.25, -0.2) is 13.4 Å². The molecule has 0 unspecified atom stereocenters. The van der Waals surface area contributed by atoms with Crippen LogP contribution in [0.3, 0.4) is 0 Å². The zero-order valence-electron chi connectivity index (χ0n) is 14.2. The van der Waals surface area contributed by atoms with Crippen molar-refractivity contribution in [3.63, 3.8) is 0 Å². The van der Waals surface area contributed by atoms with Gasteiger partial charge in [0.25, 0.3) is 0 Å². The first kappa shape index (κ1) is 18.1. The average Bonchev–Trinajstić information content (AvgIpc) is 2.60. The highest BCUT2D eigenvalue weighted by Gasteiger charge is 2.21. The molecular weight excluding hydrogens is 368 g/mol. The molecule has 0 fully saturated rings. The first-order valence-electron chi connectivity index (χ1n) is 7.82. The predicted octanol–water partition coefficient (Wildman–Crippen LogP) is 4.84. The van der Waals surface area contributed by atoms with E-state index < -0.39 is 9.84 Å². The average molecular weight is 383 g/mol. The number of allylic oxidation sites excluding steroid dienone is 1. The lowest BCUT2D eigenvalue weighted by Crippen LogP contribution is -2.03. The number of rotatable bonds is 3. The molecule has 3 aromatic rings. The lowest BCUT2D eigenvalue weighted by Gasteiger charge is -2.06. The molecule has 0 radical (unpaired) electrons. The molecule has 0 spiro atoms. The fraction of sp³-hybridized carbons (Fsp3) is 0.100. The van der Waals surface area contributed by atoms with Gasteiger partial charge in [-0.1, -0.05) is 41.4 Å². The number of hydrogen-bond donors (Lipinski definition) is 0. The van der Waals surface area contributed by atoms with Crippen LogP contribution in [0.5, 0.6) is 0 Å². The molecule has 0 amide bonds. The van der Waals surface area contributed by atoms with Crippen LogP contribution in [-0.4, -0.2) is 13.4 Å². The van der Waals surface area contributed by atoms with Crippen molar-refractivity contribution in [2.75, 3.05) is 0 Å². The summed E-state index contributed by atoms with van der Waals surface area (Å²) >= 11 is 6.21. The monoisotopic (exact) mass is 382 g/mol. The highest BCUT2D eigenvalue weighted by molar-refractivity contribution is 7.95.